The van der Waals surface area contributed by atoms with Gasteiger partial charge in [0.1, 0.15) is 0 Å². The van der Waals surface area contributed by atoms with Gasteiger partial charge < -0.3 is 5.32 Å². The van der Waals surface area contributed by atoms with Crippen LogP contribution < -0.4 is 5.32 Å². The van der Waals surface area contributed by atoms with E-state index in [0.717, 1.165) is 51.7 Å². The molecule has 0 spiro atoms. The average Bonchev–Trinajstić information content (AvgIpc) is 3.03. The molecule has 31 heavy (non-hydrogen) atoms. The van der Waals surface area contributed by atoms with Crippen LogP contribution in [0.25, 0.3) is 0 Å². The van der Waals surface area contributed by atoms with Crippen LogP contribution in [0, 0.1) is 0 Å². The monoisotopic (exact) mass is 441 g/mol. The van der Waals surface area contributed by atoms with E-state index in [1.807, 2.05) is 18.2 Å². The number of amides is 1. The smallest absolute Gasteiger partial charge is 0.251 e. The molecule has 2 aromatic rings. The molecular formula is C24H31N3O3S. The molecular weight excluding hydrogens is 410 g/mol. The van der Waals surface area contributed by atoms with Gasteiger partial charge in [0, 0.05) is 44.3 Å². The first-order chi connectivity index (χ1) is 15.0. The molecule has 6 nitrogen and oxygen atoms in total. The zero-order valence-corrected chi connectivity index (χ0v) is 18.7. The third-order valence-electron chi connectivity index (χ3n) is 6.16. The molecule has 2 heterocycles. The summed E-state index contributed by atoms with van der Waals surface area (Å²) < 4.78 is 27.7. The van der Waals surface area contributed by atoms with Gasteiger partial charge in [-0.2, -0.15) is 4.31 Å². The minimum absolute atomic E-state index is 0.0714. The van der Waals surface area contributed by atoms with Crippen molar-refractivity contribution in [2.45, 2.75) is 49.6 Å². The maximum atomic E-state index is 13.1. The third kappa shape index (κ3) is 5.53. The topological polar surface area (TPSA) is 69.7 Å². The molecule has 2 saturated heterocycles. The van der Waals surface area contributed by atoms with Crippen LogP contribution in [0.5, 0.6) is 0 Å². The van der Waals surface area contributed by atoms with Gasteiger partial charge in [0.25, 0.3) is 5.91 Å². The van der Waals surface area contributed by atoms with Gasteiger partial charge in [0.05, 0.1) is 4.90 Å². The van der Waals surface area contributed by atoms with Crippen molar-refractivity contribution >= 4 is 15.9 Å². The molecule has 1 amide bonds. The summed E-state index contributed by atoms with van der Waals surface area (Å²) in [6, 6.07) is 16.8. The highest BCUT2D eigenvalue weighted by atomic mass is 32.2. The summed E-state index contributed by atoms with van der Waals surface area (Å²) in [5.74, 6) is -0.209. The molecule has 0 unspecified atom stereocenters. The second kappa shape index (κ2) is 9.94. The third-order valence-corrected chi connectivity index (χ3v) is 8.05. The second-order valence-corrected chi connectivity index (χ2v) is 10.5. The van der Waals surface area contributed by atoms with Gasteiger partial charge in [0.2, 0.25) is 10.0 Å². The van der Waals surface area contributed by atoms with Crippen molar-refractivity contribution in [1.82, 2.24) is 14.5 Å². The summed E-state index contributed by atoms with van der Waals surface area (Å²) in [7, 11) is -3.57. The fraction of sp³-hybridized carbons (Fsp3) is 0.458. The SMILES string of the molecule is O=C(N[C@@H]1CCN(Cc2ccccc2)C1)c1cccc(S(=O)(=O)N2CCCCCC2)c1. The summed E-state index contributed by atoms with van der Waals surface area (Å²) in [6.45, 7) is 3.71. The lowest BCUT2D eigenvalue weighted by Crippen LogP contribution is -2.37. The van der Waals surface area contributed by atoms with E-state index in [2.05, 4.69) is 22.3 Å². The molecule has 2 aliphatic rings. The Morgan fingerprint density at radius 2 is 1.68 bits per heavy atom. The Labute approximate surface area is 185 Å². The first-order valence-electron chi connectivity index (χ1n) is 11.2. The minimum atomic E-state index is -3.57. The molecule has 166 valence electrons. The van der Waals surface area contributed by atoms with Crippen LogP contribution in [0.3, 0.4) is 0 Å². The predicted octanol–water partition coefficient (Wildman–Crippen LogP) is 3.26. The maximum Gasteiger partial charge on any atom is 0.251 e. The standard InChI is InChI=1S/C24H31N3O3S/c28-24(25-22-13-16-26(19-22)18-20-9-4-3-5-10-20)21-11-8-12-23(17-21)31(29,30)27-14-6-1-2-7-15-27/h3-5,8-12,17,22H,1-2,6-7,13-16,18-19H2,(H,25,28)/t22-/m1/s1. The van der Waals surface area contributed by atoms with Gasteiger partial charge >= 0.3 is 0 Å². The van der Waals surface area contributed by atoms with E-state index >= 15 is 0 Å². The number of rotatable bonds is 6. The van der Waals surface area contributed by atoms with Gasteiger partial charge in [0.15, 0.2) is 0 Å². The van der Waals surface area contributed by atoms with Crippen LogP contribution in [-0.2, 0) is 16.6 Å². The van der Waals surface area contributed by atoms with Gasteiger partial charge in [-0.15, -0.1) is 0 Å². The van der Waals surface area contributed by atoms with Crippen molar-refractivity contribution < 1.29 is 13.2 Å². The molecule has 0 bridgehead atoms. The number of hydrogen-bond donors (Lipinski definition) is 1. The lowest BCUT2D eigenvalue weighted by Gasteiger charge is -2.20. The minimum Gasteiger partial charge on any atom is -0.348 e. The van der Waals surface area contributed by atoms with Crippen LogP contribution in [0.15, 0.2) is 59.5 Å². The van der Waals surface area contributed by atoms with Crippen LogP contribution in [-0.4, -0.2) is 55.8 Å². The van der Waals surface area contributed by atoms with Gasteiger partial charge in [-0.3, -0.25) is 9.69 Å². The van der Waals surface area contributed by atoms with Crippen LogP contribution in [0.2, 0.25) is 0 Å². The molecule has 0 aromatic heterocycles. The molecule has 0 aliphatic carbocycles. The van der Waals surface area contributed by atoms with Crippen molar-refractivity contribution in [3.63, 3.8) is 0 Å². The van der Waals surface area contributed by atoms with Gasteiger partial charge in [-0.05, 0) is 43.0 Å². The molecule has 7 heteroatoms. The molecule has 0 saturated carbocycles. The Bertz CT molecular complexity index is 986. The highest BCUT2D eigenvalue weighted by Crippen LogP contribution is 2.21. The Morgan fingerprint density at radius 3 is 2.42 bits per heavy atom. The zero-order chi connectivity index (χ0) is 21.7. The van der Waals surface area contributed by atoms with Gasteiger partial charge in [-0.25, -0.2) is 8.42 Å². The molecule has 1 atom stereocenters. The number of benzene rings is 2. The van der Waals surface area contributed by atoms with E-state index in [4.69, 9.17) is 0 Å². The molecule has 2 fully saturated rings. The lowest BCUT2D eigenvalue weighted by atomic mass is 10.2. The number of nitrogens with one attached hydrogen (secondary N) is 1. The summed E-state index contributed by atoms with van der Waals surface area (Å²) in [4.78, 5) is 15.4. The lowest BCUT2D eigenvalue weighted by molar-refractivity contribution is 0.0937. The summed E-state index contributed by atoms with van der Waals surface area (Å²) >= 11 is 0. The normalized spacial score (nSPS) is 21.0. The molecule has 4 rings (SSSR count). The fourth-order valence-electron chi connectivity index (χ4n) is 4.43. The highest BCUT2D eigenvalue weighted by Gasteiger charge is 2.27. The fourth-order valence-corrected chi connectivity index (χ4v) is 6.00. The van der Waals surface area contributed by atoms with Crippen LogP contribution in [0.1, 0.15) is 48.0 Å². The Kier molecular flexibility index (Phi) is 7.05. The summed E-state index contributed by atoms with van der Waals surface area (Å²) in [5.41, 5.74) is 1.67. The van der Waals surface area contributed by atoms with Crippen molar-refractivity contribution in [2.24, 2.45) is 0 Å². The van der Waals surface area contributed by atoms with E-state index in [-0.39, 0.29) is 16.8 Å². The first kappa shape index (κ1) is 22.0. The zero-order valence-electron chi connectivity index (χ0n) is 17.9. The van der Waals surface area contributed by atoms with E-state index in [9.17, 15) is 13.2 Å². The number of carbonyl (C=O) groups is 1. The van der Waals surface area contributed by atoms with Crippen molar-refractivity contribution in [1.29, 1.82) is 0 Å². The van der Waals surface area contributed by atoms with Crippen molar-refractivity contribution in [3.8, 4) is 0 Å². The van der Waals surface area contributed by atoms with E-state index in [1.54, 1.807) is 22.5 Å². The number of carbonyl (C=O) groups excluding carboxylic acids is 1. The quantitative estimate of drug-likeness (QED) is 0.747. The van der Waals surface area contributed by atoms with Gasteiger partial charge in [-0.1, -0.05) is 49.2 Å². The molecule has 2 aromatic carbocycles. The number of sulfonamides is 1. The maximum absolute atomic E-state index is 13.1. The van der Waals surface area contributed by atoms with E-state index < -0.39 is 10.0 Å². The highest BCUT2D eigenvalue weighted by molar-refractivity contribution is 7.89. The predicted molar refractivity (Wildman–Crippen MR) is 121 cm³/mol. The average molecular weight is 442 g/mol. The number of nitrogens with zero attached hydrogens (tertiary/aromatic N) is 2. The van der Waals surface area contributed by atoms with Crippen molar-refractivity contribution in [2.75, 3.05) is 26.2 Å². The Morgan fingerprint density at radius 1 is 0.935 bits per heavy atom. The largest absolute Gasteiger partial charge is 0.348 e. The number of hydrogen-bond acceptors (Lipinski definition) is 4. The summed E-state index contributed by atoms with van der Waals surface area (Å²) in [6.07, 6.45) is 4.81. The van der Waals surface area contributed by atoms with E-state index in [0.29, 0.717) is 18.7 Å². The molecule has 1 N–H and O–H groups in total. The Balaban J connectivity index is 1.38. The second-order valence-electron chi connectivity index (χ2n) is 8.53. The number of likely N-dealkylation sites (tertiary alicyclic amines) is 1. The van der Waals surface area contributed by atoms with Crippen LogP contribution in [0.4, 0.5) is 0 Å². The van der Waals surface area contributed by atoms with Crippen molar-refractivity contribution in [3.05, 3.63) is 65.7 Å². The van der Waals surface area contributed by atoms with E-state index in [1.165, 1.54) is 11.6 Å². The molecule has 2 aliphatic heterocycles. The first-order valence-corrected chi connectivity index (χ1v) is 12.6. The Hall–Kier alpha value is -2.22. The van der Waals surface area contributed by atoms with Crippen LogP contribution >= 0.6 is 0 Å². The molecule has 0 radical (unpaired) electrons. The summed E-state index contributed by atoms with van der Waals surface area (Å²) in [5, 5.41) is 3.09.